The molecule has 7 heteroatoms. The number of hydrogen-bond donors (Lipinski definition) is 1. The highest BCUT2D eigenvalue weighted by molar-refractivity contribution is 7.26. The van der Waals surface area contributed by atoms with Crippen molar-refractivity contribution in [3.8, 4) is 0 Å². The van der Waals surface area contributed by atoms with Crippen molar-refractivity contribution in [2.75, 3.05) is 19.6 Å². The molecule has 0 radical (unpaired) electrons. The molecule has 6 nitrogen and oxygen atoms in total. The van der Waals surface area contributed by atoms with Gasteiger partial charge in [0, 0.05) is 22.7 Å². The van der Waals surface area contributed by atoms with Gasteiger partial charge in [-0.25, -0.2) is 4.68 Å². The quantitative estimate of drug-likeness (QED) is 0.717. The van der Waals surface area contributed by atoms with Gasteiger partial charge in [-0.1, -0.05) is 25.1 Å². The molecule has 1 N–H and O–H groups in total. The molecule has 2 unspecified atom stereocenters. The minimum Gasteiger partial charge on any atom is -0.353 e. The van der Waals surface area contributed by atoms with E-state index >= 15 is 0 Å². The molecule has 0 spiro atoms. The smallest absolute Gasteiger partial charge is 0.276 e. The molecule has 1 fully saturated rings. The predicted octanol–water partition coefficient (Wildman–Crippen LogP) is 3.08. The van der Waals surface area contributed by atoms with Crippen LogP contribution < -0.4 is 10.9 Å². The van der Waals surface area contributed by atoms with E-state index < -0.39 is 6.04 Å². The van der Waals surface area contributed by atoms with E-state index in [4.69, 9.17) is 0 Å². The third-order valence-electron chi connectivity index (χ3n) is 5.77. The number of thiophene rings is 1. The molecule has 4 rings (SSSR count). The first-order valence-electron chi connectivity index (χ1n) is 9.93. The SMILES string of the molecule is CCN1CCCC1CNC(=O)C(C)n1nc(C)c2sc3ccccc3c2c1=O. The summed E-state index contributed by atoms with van der Waals surface area (Å²) in [5.74, 6) is -0.157. The Hall–Kier alpha value is -2.25. The highest BCUT2D eigenvalue weighted by Gasteiger charge is 2.26. The van der Waals surface area contributed by atoms with Gasteiger partial charge in [0.25, 0.3) is 5.56 Å². The van der Waals surface area contributed by atoms with Crippen LogP contribution in [0.15, 0.2) is 29.1 Å². The summed E-state index contributed by atoms with van der Waals surface area (Å²) in [6.45, 7) is 8.50. The number of likely N-dealkylation sites (tertiary alicyclic amines) is 1. The molecule has 1 aliphatic rings. The Morgan fingerprint density at radius 1 is 1.39 bits per heavy atom. The molecule has 1 aromatic carbocycles. The Labute approximate surface area is 168 Å². The van der Waals surface area contributed by atoms with Gasteiger partial charge in [-0.15, -0.1) is 11.3 Å². The highest BCUT2D eigenvalue weighted by Crippen LogP contribution is 2.32. The van der Waals surface area contributed by atoms with Gasteiger partial charge in [0.05, 0.1) is 15.8 Å². The number of amides is 1. The van der Waals surface area contributed by atoms with Crippen molar-refractivity contribution in [2.45, 2.75) is 45.7 Å². The fourth-order valence-electron chi connectivity index (χ4n) is 4.16. The summed E-state index contributed by atoms with van der Waals surface area (Å²) < 4.78 is 3.31. The molecule has 0 saturated carbocycles. The summed E-state index contributed by atoms with van der Waals surface area (Å²) in [5.41, 5.74) is 0.583. The zero-order chi connectivity index (χ0) is 19.8. The Kier molecular flexibility index (Phi) is 5.21. The predicted molar refractivity (Wildman–Crippen MR) is 114 cm³/mol. The normalized spacial score (nSPS) is 18.8. The van der Waals surface area contributed by atoms with Crippen LogP contribution in [0.25, 0.3) is 20.2 Å². The number of likely N-dealkylation sites (N-methyl/N-ethyl adjacent to an activating group) is 1. The fourth-order valence-corrected chi connectivity index (χ4v) is 5.30. The van der Waals surface area contributed by atoms with E-state index in [2.05, 4.69) is 22.2 Å². The van der Waals surface area contributed by atoms with Gasteiger partial charge in [-0.05, 0) is 45.8 Å². The molecule has 2 atom stereocenters. The second kappa shape index (κ2) is 7.64. The number of fused-ring (bicyclic) bond motifs is 3. The first-order chi connectivity index (χ1) is 13.5. The maximum atomic E-state index is 13.2. The van der Waals surface area contributed by atoms with Crippen LogP contribution in [0.4, 0.5) is 0 Å². The Bertz CT molecular complexity index is 1090. The van der Waals surface area contributed by atoms with Crippen molar-refractivity contribution in [3.63, 3.8) is 0 Å². The Morgan fingerprint density at radius 3 is 2.96 bits per heavy atom. The zero-order valence-electron chi connectivity index (χ0n) is 16.6. The minimum atomic E-state index is -0.647. The average molecular weight is 399 g/mol. The van der Waals surface area contributed by atoms with Gasteiger partial charge in [0.15, 0.2) is 0 Å². The number of aryl methyl sites for hydroxylation is 1. The lowest BCUT2D eigenvalue weighted by atomic mass is 10.2. The van der Waals surface area contributed by atoms with E-state index in [1.165, 1.54) is 11.1 Å². The lowest BCUT2D eigenvalue weighted by Crippen LogP contribution is -2.43. The molecule has 0 bridgehead atoms. The van der Waals surface area contributed by atoms with Crippen LogP contribution in [0.5, 0.6) is 0 Å². The molecule has 3 aromatic rings. The number of nitrogens with zero attached hydrogens (tertiary/aromatic N) is 3. The summed E-state index contributed by atoms with van der Waals surface area (Å²) in [5, 5.41) is 9.11. The maximum Gasteiger partial charge on any atom is 0.276 e. The minimum absolute atomic E-state index is 0.157. The topological polar surface area (TPSA) is 67.2 Å². The maximum absolute atomic E-state index is 13.2. The largest absolute Gasteiger partial charge is 0.353 e. The number of rotatable bonds is 5. The van der Waals surface area contributed by atoms with Gasteiger partial charge >= 0.3 is 0 Å². The summed E-state index contributed by atoms with van der Waals surface area (Å²) in [7, 11) is 0. The van der Waals surface area contributed by atoms with Crippen molar-refractivity contribution < 1.29 is 4.79 Å². The zero-order valence-corrected chi connectivity index (χ0v) is 17.4. The van der Waals surface area contributed by atoms with E-state index in [-0.39, 0.29) is 11.5 Å². The second-order valence-electron chi connectivity index (χ2n) is 7.48. The number of carbonyl (C=O) groups is 1. The fraction of sp³-hybridized carbons (Fsp3) is 0.476. The number of benzene rings is 1. The van der Waals surface area contributed by atoms with Crippen LogP contribution in [0.1, 0.15) is 38.4 Å². The molecular formula is C21H26N4O2S. The third-order valence-corrected chi connectivity index (χ3v) is 7.05. The monoisotopic (exact) mass is 398 g/mol. The van der Waals surface area contributed by atoms with Crippen LogP contribution in [0.2, 0.25) is 0 Å². The first kappa shape index (κ1) is 19.1. The van der Waals surface area contributed by atoms with E-state index in [9.17, 15) is 9.59 Å². The second-order valence-corrected chi connectivity index (χ2v) is 8.54. The van der Waals surface area contributed by atoms with Crippen LogP contribution in [-0.4, -0.2) is 46.3 Å². The first-order valence-corrected chi connectivity index (χ1v) is 10.7. The highest BCUT2D eigenvalue weighted by atomic mass is 32.1. The molecule has 0 aliphatic carbocycles. The van der Waals surface area contributed by atoms with E-state index in [0.29, 0.717) is 18.0 Å². The molecule has 28 heavy (non-hydrogen) atoms. The van der Waals surface area contributed by atoms with Crippen LogP contribution in [0, 0.1) is 6.92 Å². The van der Waals surface area contributed by atoms with Crippen molar-refractivity contribution in [1.29, 1.82) is 0 Å². The molecule has 3 heterocycles. The van der Waals surface area contributed by atoms with Gasteiger partial charge in [-0.2, -0.15) is 5.10 Å². The average Bonchev–Trinajstić information content (AvgIpc) is 3.32. The van der Waals surface area contributed by atoms with Crippen molar-refractivity contribution >= 4 is 37.4 Å². The number of hydrogen-bond acceptors (Lipinski definition) is 5. The molecular weight excluding hydrogens is 372 g/mol. The molecule has 2 aromatic heterocycles. The van der Waals surface area contributed by atoms with Crippen LogP contribution in [-0.2, 0) is 4.79 Å². The molecule has 1 amide bonds. The number of nitrogens with one attached hydrogen (secondary N) is 1. The molecule has 148 valence electrons. The van der Waals surface area contributed by atoms with Gasteiger partial charge < -0.3 is 5.32 Å². The van der Waals surface area contributed by atoms with Gasteiger partial charge in [0.1, 0.15) is 6.04 Å². The molecule has 1 saturated heterocycles. The Balaban J connectivity index is 1.63. The van der Waals surface area contributed by atoms with Crippen molar-refractivity contribution in [1.82, 2.24) is 20.0 Å². The molecule has 1 aliphatic heterocycles. The van der Waals surface area contributed by atoms with Crippen molar-refractivity contribution in [2.24, 2.45) is 0 Å². The summed E-state index contributed by atoms with van der Waals surface area (Å²) in [4.78, 5) is 28.3. The van der Waals surface area contributed by atoms with Gasteiger partial charge in [0.2, 0.25) is 5.91 Å². The lowest BCUT2D eigenvalue weighted by Gasteiger charge is -2.24. The standard InChI is InChI=1S/C21H26N4O2S/c1-4-24-11-7-8-15(24)12-22-20(26)14(3)25-21(27)18-16-9-5-6-10-17(16)28-19(18)13(2)23-25/h5-6,9-10,14-15H,4,7-8,11-12H2,1-3H3,(H,22,26). The number of carbonyl (C=O) groups excluding carboxylic acids is 1. The summed E-state index contributed by atoms with van der Waals surface area (Å²) in [6, 6.07) is 7.62. The summed E-state index contributed by atoms with van der Waals surface area (Å²) >= 11 is 1.58. The number of aromatic nitrogens is 2. The van der Waals surface area contributed by atoms with E-state index in [1.807, 2.05) is 31.2 Å². The van der Waals surface area contributed by atoms with Crippen LogP contribution >= 0.6 is 11.3 Å². The summed E-state index contributed by atoms with van der Waals surface area (Å²) in [6.07, 6.45) is 2.28. The van der Waals surface area contributed by atoms with E-state index in [0.717, 1.165) is 40.0 Å². The van der Waals surface area contributed by atoms with E-state index in [1.54, 1.807) is 18.3 Å². The third kappa shape index (κ3) is 3.22. The van der Waals surface area contributed by atoms with Crippen LogP contribution in [0.3, 0.4) is 0 Å². The van der Waals surface area contributed by atoms with Crippen molar-refractivity contribution in [3.05, 3.63) is 40.3 Å². The lowest BCUT2D eigenvalue weighted by molar-refractivity contribution is -0.124. The Morgan fingerprint density at radius 2 is 2.18 bits per heavy atom. The van der Waals surface area contributed by atoms with Gasteiger partial charge in [-0.3, -0.25) is 14.5 Å².